The molecule has 1 amide bonds. The van der Waals surface area contributed by atoms with Crippen LogP contribution in [0.5, 0.6) is 0 Å². The predicted octanol–water partition coefficient (Wildman–Crippen LogP) is 1.65. The highest BCUT2D eigenvalue weighted by Gasteiger charge is 2.40. The Morgan fingerprint density at radius 1 is 1.29 bits per heavy atom. The van der Waals surface area contributed by atoms with Crippen molar-refractivity contribution in [1.29, 1.82) is 0 Å². The van der Waals surface area contributed by atoms with Crippen molar-refractivity contribution in [2.24, 2.45) is 0 Å². The molecule has 0 saturated carbocycles. The molecule has 0 rings (SSSR count). The van der Waals surface area contributed by atoms with Gasteiger partial charge in [0.25, 0.3) is 0 Å². The van der Waals surface area contributed by atoms with Gasteiger partial charge in [0.05, 0.1) is 0 Å². The lowest BCUT2D eigenvalue weighted by Crippen LogP contribution is -2.48. The Morgan fingerprint density at radius 2 is 1.76 bits per heavy atom. The van der Waals surface area contributed by atoms with Gasteiger partial charge in [-0.05, 0) is 0 Å². The van der Waals surface area contributed by atoms with Gasteiger partial charge in [0, 0.05) is 10.5 Å². The van der Waals surface area contributed by atoms with Gasteiger partial charge >= 0.3 is 18.1 Å². The summed E-state index contributed by atoms with van der Waals surface area (Å²) in [6, 6.07) is -1.55. The molecular formula is C9H14F3NO3S. The summed E-state index contributed by atoms with van der Waals surface area (Å²) in [5.41, 5.74) is 0. The molecule has 0 unspecified atom stereocenters. The van der Waals surface area contributed by atoms with E-state index in [1.165, 1.54) is 5.32 Å². The highest BCUT2D eigenvalue weighted by atomic mass is 32.2. The quantitative estimate of drug-likeness (QED) is 0.817. The van der Waals surface area contributed by atoms with Gasteiger partial charge in [-0.25, -0.2) is 4.79 Å². The fourth-order valence-electron chi connectivity index (χ4n) is 0.748. The van der Waals surface area contributed by atoms with Crippen LogP contribution in [0.2, 0.25) is 0 Å². The highest BCUT2D eigenvalue weighted by Crippen LogP contribution is 2.24. The van der Waals surface area contributed by atoms with Gasteiger partial charge in [-0.1, -0.05) is 20.8 Å². The number of rotatable bonds is 4. The minimum absolute atomic E-state index is 0.124. The second-order valence-corrected chi connectivity index (χ2v) is 6.13. The van der Waals surface area contributed by atoms with Gasteiger partial charge in [-0.3, -0.25) is 4.79 Å². The Morgan fingerprint density at radius 3 is 2.06 bits per heavy atom. The second-order valence-electron chi connectivity index (χ2n) is 4.29. The van der Waals surface area contributed by atoms with Crippen molar-refractivity contribution in [2.45, 2.75) is 37.7 Å². The zero-order chi connectivity index (χ0) is 13.9. The van der Waals surface area contributed by atoms with Gasteiger partial charge < -0.3 is 10.4 Å². The smallest absolute Gasteiger partial charge is 0.471 e. The van der Waals surface area contributed by atoms with Crippen molar-refractivity contribution in [1.82, 2.24) is 5.32 Å². The molecule has 0 radical (unpaired) electrons. The molecule has 0 aliphatic rings. The van der Waals surface area contributed by atoms with Crippen LogP contribution in [0, 0.1) is 0 Å². The third kappa shape index (κ3) is 7.09. The number of nitrogens with one attached hydrogen (secondary N) is 1. The normalized spacial score (nSPS) is 14.2. The molecule has 0 spiro atoms. The Hall–Kier alpha value is -0.920. The molecule has 8 heteroatoms. The Balaban J connectivity index is 4.47. The summed E-state index contributed by atoms with van der Waals surface area (Å²) in [6.07, 6.45) is -5.07. The maximum Gasteiger partial charge on any atom is 0.471 e. The Kier molecular flexibility index (Phi) is 5.31. The first-order valence-corrected chi connectivity index (χ1v) is 5.66. The molecule has 0 aromatic heterocycles. The standard InChI is InChI=1S/C9H14F3NO3S/c1-8(2,3)17-4-5(6(14)15)13-7(16)9(10,11)12/h5H,4H2,1-3H3,(H,13,16)(H,14,15)/t5-/m1/s1. The lowest BCUT2D eigenvalue weighted by molar-refractivity contribution is -0.175. The number of halogens is 3. The van der Waals surface area contributed by atoms with Crippen molar-refractivity contribution >= 4 is 23.6 Å². The first-order chi connectivity index (χ1) is 7.43. The van der Waals surface area contributed by atoms with Crippen molar-refractivity contribution in [3.05, 3.63) is 0 Å². The zero-order valence-corrected chi connectivity index (χ0v) is 10.4. The number of carbonyl (C=O) groups is 2. The van der Waals surface area contributed by atoms with Crippen LogP contribution in [0.1, 0.15) is 20.8 Å². The van der Waals surface area contributed by atoms with E-state index in [1.54, 1.807) is 20.8 Å². The number of carboxylic acids is 1. The van der Waals surface area contributed by atoms with E-state index in [1.807, 2.05) is 0 Å². The van der Waals surface area contributed by atoms with Crippen LogP contribution >= 0.6 is 11.8 Å². The summed E-state index contributed by atoms with van der Waals surface area (Å²) in [7, 11) is 0. The summed E-state index contributed by atoms with van der Waals surface area (Å²) in [5.74, 6) is -3.85. The largest absolute Gasteiger partial charge is 0.480 e. The van der Waals surface area contributed by atoms with Gasteiger partial charge in [0.2, 0.25) is 0 Å². The Bertz CT molecular complexity index is 299. The first-order valence-electron chi connectivity index (χ1n) is 4.68. The fourth-order valence-corrected chi connectivity index (χ4v) is 1.64. The lowest BCUT2D eigenvalue weighted by Gasteiger charge is -2.21. The highest BCUT2D eigenvalue weighted by molar-refractivity contribution is 8.00. The lowest BCUT2D eigenvalue weighted by atomic mass is 10.3. The van der Waals surface area contributed by atoms with Crippen LogP contribution in [0.3, 0.4) is 0 Å². The van der Waals surface area contributed by atoms with E-state index in [4.69, 9.17) is 5.11 Å². The van der Waals surface area contributed by atoms with Crippen molar-refractivity contribution in [2.75, 3.05) is 5.75 Å². The summed E-state index contributed by atoms with van der Waals surface area (Å²) < 4.78 is 35.5. The average molecular weight is 273 g/mol. The van der Waals surface area contributed by atoms with Crippen LogP contribution in [0.15, 0.2) is 0 Å². The van der Waals surface area contributed by atoms with E-state index >= 15 is 0 Å². The monoisotopic (exact) mass is 273 g/mol. The van der Waals surface area contributed by atoms with Crippen molar-refractivity contribution in [3.63, 3.8) is 0 Å². The van der Waals surface area contributed by atoms with Crippen LogP contribution < -0.4 is 5.32 Å². The number of amides is 1. The molecule has 0 fully saturated rings. The van der Waals surface area contributed by atoms with E-state index in [-0.39, 0.29) is 10.5 Å². The number of hydrogen-bond donors (Lipinski definition) is 2. The van der Waals surface area contributed by atoms with Crippen molar-refractivity contribution in [3.8, 4) is 0 Å². The summed E-state index contributed by atoms with van der Waals surface area (Å²) in [6.45, 7) is 5.38. The number of thioether (sulfide) groups is 1. The minimum Gasteiger partial charge on any atom is -0.480 e. The molecule has 0 saturated heterocycles. The molecule has 0 bridgehead atoms. The van der Waals surface area contributed by atoms with Crippen LogP contribution in [0.4, 0.5) is 13.2 Å². The summed E-state index contributed by atoms with van der Waals surface area (Å²) >= 11 is 1.16. The van der Waals surface area contributed by atoms with Crippen LogP contribution in [-0.2, 0) is 9.59 Å². The van der Waals surface area contributed by atoms with Gasteiger partial charge in [0.1, 0.15) is 6.04 Å². The summed E-state index contributed by atoms with van der Waals surface area (Å²) in [5, 5.41) is 10.1. The molecule has 17 heavy (non-hydrogen) atoms. The Labute approximate surface area is 101 Å². The maximum atomic E-state index is 11.9. The molecule has 0 aliphatic carbocycles. The molecule has 100 valence electrons. The molecule has 0 aromatic carbocycles. The number of carboxylic acid groups (broad SMARTS) is 1. The minimum atomic E-state index is -5.07. The predicted molar refractivity (Wildman–Crippen MR) is 57.8 cm³/mol. The molecule has 0 aromatic rings. The first kappa shape index (κ1) is 16.1. The number of aliphatic carboxylic acids is 1. The third-order valence-corrected chi connectivity index (χ3v) is 2.91. The topological polar surface area (TPSA) is 66.4 Å². The fraction of sp³-hybridized carbons (Fsp3) is 0.778. The number of alkyl halides is 3. The van der Waals surface area contributed by atoms with Gasteiger partial charge in [-0.15, -0.1) is 0 Å². The molecule has 2 N–H and O–H groups in total. The van der Waals surface area contributed by atoms with E-state index in [0.717, 1.165) is 11.8 Å². The van der Waals surface area contributed by atoms with E-state index in [0.29, 0.717) is 0 Å². The van der Waals surface area contributed by atoms with Crippen LogP contribution in [0.25, 0.3) is 0 Å². The zero-order valence-electron chi connectivity index (χ0n) is 9.59. The second kappa shape index (κ2) is 5.61. The summed E-state index contributed by atoms with van der Waals surface area (Å²) in [4.78, 5) is 21.3. The van der Waals surface area contributed by atoms with Gasteiger partial charge in [0.15, 0.2) is 0 Å². The molecule has 0 heterocycles. The number of carbonyl (C=O) groups excluding carboxylic acids is 1. The van der Waals surface area contributed by atoms with Gasteiger partial charge in [-0.2, -0.15) is 24.9 Å². The maximum absolute atomic E-state index is 11.9. The number of hydrogen-bond acceptors (Lipinski definition) is 3. The molecule has 0 aliphatic heterocycles. The third-order valence-electron chi connectivity index (χ3n) is 1.54. The van der Waals surface area contributed by atoms with E-state index < -0.39 is 24.1 Å². The molecule has 1 atom stereocenters. The molecule has 4 nitrogen and oxygen atoms in total. The van der Waals surface area contributed by atoms with Crippen molar-refractivity contribution < 1.29 is 27.9 Å². The molecular weight excluding hydrogens is 259 g/mol. The van der Waals surface area contributed by atoms with Crippen LogP contribution in [-0.4, -0.2) is 39.7 Å². The van der Waals surface area contributed by atoms with E-state index in [9.17, 15) is 22.8 Å². The van der Waals surface area contributed by atoms with E-state index in [2.05, 4.69) is 0 Å². The SMILES string of the molecule is CC(C)(C)SC[C@@H](NC(=O)C(F)(F)F)C(=O)O. The average Bonchev–Trinajstić information content (AvgIpc) is 2.07.